The fourth-order valence-corrected chi connectivity index (χ4v) is 3.96. The first-order valence-electron chi connectivity index (χ1n) is 11.7. The number of hydrogen-bond donors (Lipinski definition) is 4. The minimum Gasteiger partial charge on any atom is -0.468 e. The van der Waals surface area contributed by atoms with Gasteiger partial charge in [0.15, 0.2) is 11.6 Å². The van der Waals surface area contributed by atoms with Crippen LogP contribution in [0.15, 0.2) is 41.0 Å². The standard InChI is InChI=1S/C25H27ClN6O4/c1-15(33)27-9-10-28-21-13-22(32-24(31-21)16-5-7-17(26)8-6-16)29-11-12-30-25(35)18-14-36-20-4-2-3-19(34)23(18)20/h5-8,13-14H,2-4,9-12H2,1H3,(H,27,33)(H,30,35)(H2,28,29,31,32). The van der Waals surface area contributed by atoms with E-state index in [1.807, 2.05) is 12.1 Å². The fraction of sp³-hybridized carbons (Fsp3) is 0.320. The molecule has 0 bridgehead atoms. The maximum absolute atomic E-state index is 12.6. The summed E-state index contributed by atoms with van der Waals surface area (Å²) in [6.07, 6.45) is 3.20. The molecule has 4 N–H and O–H groups in total. The third kappa shape index (κ3) is 6.39. The average molecular weight is 511 g/mol. The van der Waals surface area contributed by atoms with E-state index in [9.17, 15) is 14.4 Å². The minimum atomic E-state index is -0.345. The molecule has 0 aliphatic heterocycles. The number of nitrogens with one attached hydrogen (secondary N) is 4. The van der Waals surface area contributed by atoms with Crippen molar-refractivity contribution in [3.63, 3.8) is 0 Å². The lowest BCUT2D eigenvalue weighted by Crippen LogP contribution is -2.30. The van der Waals surface area contributed by atoms with Gasteiger partial charge in [-0.2, -0.15) is 0 Å². The SMILES string of the molecule is CC(=O)NCCNc1cc(NCCNC(=O)c2coc3c2C(=O)CCC3)nc(-c2ccc(Cl)cc2)n1. The fourth-order valence-electron chi connectivity index (χ4n) is 3.84. The molecule has 2 heterocycles. The number of Topliss-reactive ketones (excluding diaryl/α,β-unsaturated/α-hetero) is 1. The van der Waals surface area contributed by atoms with Crippen LogP contribution in [-0.2, 0) is 11.2 Å². The van der Waals surface area contributed by atoms with Gasteiger partial charge in [-0.05, 0) is 30.7 Å². The van der Waals surface area contributed by atoms with Crippen molar-refractivity contribution < 1.29 is 18.8 Å². The number of fused-ring (bicyclic) bond motifs is 1. The van der Waals surface area contributed by atoms with E-state index in [1.54, 1.807) is 18.2 Å². The van der Waals surface area contributed by atoms with Crippen LogP contribution < -0.4 is 21.3 Å². The van der Waals surface area contributed by atoms with Crippen molar-refractivity contribution in [1.29, 1.82) is 0 Å². The predicted octanol–water partition coefficient (Wildman–Crippen LogP) is 3.30. The Morgan fingerprint density at radius 3 is 2.31 bits per heavy atom. The molecule has 188 valence electrons. The molecule has 0 unspecified atom stereocenters. The Bertz CT molecular complexity index is 1260. The molecule has 1 aliphatic carbocycles. The van der Waals surface area contributed by atoms with E-state index in [2.05, 4.69) is 31.2 Å². The highest BCUT2D eigenvalue weighted by molar-refractivity contribution is 6.30. The van der Waals surface area contributed by atoms with E-state index >= 15 is 0 Å². The van der Waals surface area contributed by atoms with Gasteiger partial charge in [0.05, 0.1) is 11.1 Å². The zero-order valence-corrected chi connectivity index (χ0v) is 20.6. The van der Waals surface area contributed by atoms with Crippen molar-refractivity contribution in [3.8, 4) is 11.4 Å². The molecule has 2 aromatic heterocycles. The summed E-state index contributed by atoms with van der Waals surface area (Å²) >= 11 is 6.01. The van der Waals surface area contributed by atoms with Gasteiger partial charge in [-0.1, -0.05) is 11.6 Å². The van der Waals surface area contributed by atoms with Gasteiger partial charge in [-0.25, -0.2) is 9.97 Å². The molecular formula is C25H27ClN6O4. The van der Waals surface area contributed by atoms with Crippen LogP contribution in [0, 0.1) is 0 Å². The summed E-state index contributed by atoms with van der Waals surface area (Å²) in [5.74, 6) is 1.71. The number of anilines is 2. The normalized spacial score (nSPS) is 12.6. The molecular weight excluding hydrogens is 484 g/mol. The molecule has 0 radical (unpaired) electrons. The van der Waals surface area contributed by atoms with Crippen molar-refractivity contribution in [3.05, 3.63) is 58.5 Å². The number of benzene rings is 1. The van der Waals surface area contributed by atoms with E-state index in [-0.39, 0.29) is 23.2 Å². The second-order valence-electron chi connectivity index (χ2n) is 8.29. The highest BCUT2D eigenvalue weighted by atomic mass is 35.5. The maximum atomic E-state index is 12.6. The zero-order valence-electron chi connectivity index (χ0n) is 19.8. The largest absolute Gasteiger partial charge is 0.468 e. The number of carbonyl (C=O) groups excluding carboxylic acids is 3. The molecule has 11 heteroatoms. The summed E-state index contributed by atoms with van der Waals surface area (Å²) < 4.78 is 5.43. The summed E-state index contributed by atoms with van der Waals surface area (Å²) in [6.45, 7) is 3.09. The zero-order chi connectivity index (χ0) is 25.5. The maximum Gasteiger partial charge on any atom is 0.255 e. The van der Waals surface area contributed by atoms with Crippen LogP contribution in [-0.4, -0.2) is 53.7 Å². The Hall–Kier alpha value is -3.92. The van der Waals surface area contributed by atoms with Gasteiger partial charge in [-0.15, -0.1) is 0 Å². The van der Waals surface area contributed by atoms with Crippen LogP contribution in [0.2, 0.25) is 5.02 Å². The van der Waals surface area contributed by atoms with Gasteiger partial charge in [0.1, 0.15) is 23.7 Å². The van der Waals surface area contributed by atoms with Crippen LogP contribution in [0.3, 0.4) is 0 Å². The van der Waals surface area contributed by atoms with Crippen molar-refractivity contribution in [2.75, 3.05) is 36.8 Å². The molecule has 1 aromatic carbocycles. The number of aromatic nitrogens is 2. The Morgan fingerprint density at radius 2 is 1.64 bits per heavy atom. The number of ketones is 1. The van der Waals surface area contributed by atoms with Crippen molar-refractivity contribution in [1.82, 2.24) is 20.6 Å². The molecule has 2 amide bonds. The number of amides is 2. The molecule has 0 saturated heterocycles. The molecule has 0 atom stereocenters. The van der Waals surface area contributed by atoms with Gasteiger partial charge in [0, 0.05) is 62.6 Å². The first-order valence-corrected chi connectivity index (χ1v) is 12.1. The van der Waals surface area contributed by atoms with E-state index < -0.39 is 0 Å². The van der Waals surface area contributed by atoms with Gasteiger partial charge in [-0.3, -0.25) is 14.4 Å². The summed E-state index contributed by atoms with van der Waals surface area (Å²) in [4.78, 5) is 45.1. The Balaban J connectivity index is 1.39. The molecule has 10 nitrogen and oxygen atoms in total. The topological polar surface area (TPSA) is 138 Å². The monoisotopic (exact) mass is 510 g/mol. The third-order valence-electron chi connectivity index (χ3n) is 5.55. The van der Waals surface area contributed by atoms with Crippen molar-refractivity contribution in [2.45, 2.75) is 26.2 Å². The Morgan fingerprint density at radius 1 is 0.972 bits per heavy atom. The molecule has 1 aliphatic rings. The van der Waals surface area contributed by atoms with Crippen LogP contribution in [0.4, 0.5) is 11.6 Å². The summed E-state index contributed by atoms with van der Waals surface area (Å²) in [5, 5.41) is 12.5. The molecule has 3 aromatic rings. The first kappa shape index (κ1) is 25.2. The summed E-state index contributed by atoms with van der Waals surface area (Å²) in [5.41, 5.74) is 1.48. The third-order valence-corrected chi connectivity index (χ3v) is 5.80. The van der Waals surface area contributed by atoms with Crippen LogP contribution in [0.5, 0.6) is 0 Å². The number of aryl methyl sites for hydroxylation is 1. The average Bonchev–Trinajstić information content (AvgIpc) is 3.30. The first-order chi connectivity index (χ1) is 17.4. The second-order valence-corrected chi connectivity index (χ2v) is 8.72. The number of hydrogen-bond acceptors (Lipinski definition) is 8. The van der Waals surface area contributed by atoms with Gasteiger partial charge >= 0.3 is 0 Å². The van der Waals surface area contributed by atoms with Gasteiger partial charge < -0.3 is 25.7 Å². The molecule has 0 spiro atoms. The molecule has 4 rings (SSSR count). The van der Waals surface area contributed by atoms with Crippen LogP contribution in [0.25, 0.3) is 11.4 Å². The minimum absolute atomic E-state index is 0.0532. The van der Waals surface area contributed by atoms with E-state index in [0.717, 1.165) is 12.0 Å². The lowest BCUT2D eigenvalue weighted by Gasteiger charge is -2.13. The number of furan rings is 1. The molecule has 36 heavy (non-hydrogen) atoms. The predicted molar refractivity (Wildman–Crippen MR) is 136 cm³/mol. The Kier molecular flexibility index (Phi) is 8.17. The number of rotatable bonds is 10. The van der Waals surface area contributed by atoms with Crippen LogP contribution >= 0.6 is 11.6 Å². The lowest BCUT2D eigenvalue weighted by atomic mass is 9.94. The van der Waals surface area contributed by atoms with Crippen molar-refractivity contribution in [2.24, 2.45) is 0 Å². The van der Waals surface area contributed by atoms with E-state index in [0.29, 0.717) is 72.8 Å². The second kappa shape index (κ2) is 11.7. The highest BCUT2D eigenvalue weighted by Crippen LogP contribution is 2.26. The molecule has 0 saturated carbocycles. The van der Waals surface area contributed by atoms with Crippen LogP contribution in [0.1, 0.15) is 46.2 Å². The quantitative estimate of drug-likeness (QED) is 0.305. The van der Waals surface area contributed by atoms with E-state index in [4.69, 9.17) is 16.0 Å². The van der Waals surface area contributed by atoms with Gasteiger partial charge in [0.25, 0.3) is 5.91 Å². The molecule has 0 fully saturated rings. The number of nitrogens with zero attached hydrogens (tertiary/aromatic N) is 2. The van der Waals surface area contributed by atoms with E-state index in [1.165, 1.54) is 13.2 Å². The smallest absolute Gasteiger partial charge is 0.255 e. The summed E-state index contributed by atoms with van der Waals surface area (Å²) in [7, 11) is 0. The Labute approximate surface area is 213 Å². The summed E-state index contributed by atoms with van der Waals surface area (Å²) in [6, 6.07) is 8.93. The van der Waals surface area contributed by atoms with Gasteiger partial charge in [0.2, 0.25) is 5.91 Å². The lowest BCUT2D eigenvalue weighted by molar-refractivity contribution is -0.118. The highest BCUT2D eigenvalue weighted by Gasteiger charge is 2.27. The van der Waals surface area contributed by atoms with Crippen molar-refractivity contribution >= 4 is 40.8 Å². The number of halogens is 1. The number of carbonyl (C=O) groups is 3.